The van der Waals surface area contributed by atoms with E-state index < -0.39 is 0 Å². The lowest BCUT2D eigenvalue weighted by molar-refractivity contribution is 0.334. The van der Waals surface area contributed by atoms with E-state index in [1.54, 1.807) is 6.20 Å². The first-order valence-electron chi connectivity index (χ1n) is 6.68. The van der Waals surface area contributed by atoms with Crippen molar-refractivity contribution in [3.05, 3.63) is 42.4 Å². The van der Waals surface area contributed by atoms with E-state index in [1.807, 2.05) is 37.4 Å². The van der Waals surface area contributed by atoms with Crippen molar-refractivity contribution in [1.82, 2.24) is 20.4 Å². The molecule has 1 aromatic carbocycles. The third-order valence-electron chi connectivity index (χ3n) is 3.38. The van der Waals surface area contributed by atoms with Crippen LogP contribution in [0, 0.1) is 0 Å². The molecule has 0 bridgehead atoms. The fourth-order valence-corrected chi connectivity index (χ4v) is 2.27. The summed E-state index contributed by atoms with van der Waals surface area (Å²) < 4.78 is 5.35. The first kappa shape index (κ1) is 12.7. The van der Waals surface area contributed by atoms with E-state index >= 15 is 0 Å². The topological polar surface area (TPSA) is 63.8 Å². The third-order valence-corrected chi connectivity index (χ3v) is 3.38. The molecule has 2 aromatic heterocycles. The highest BCUT2D eigenvalue weighted by atomic mass is 16.5. The molecule has 1 unspecified atom stereocenters. The SMILES string of the molecule is CCC(NC)c1nc(-c2nccc3ccccc23)no1. The first-order valence-corrected chi connectivity index (χ1v) is 6.68. The van der Waals surface area contributed by atoms with Gasteiger partial charge < -0.3 is 9.84 Å². The van der Waals surface area contributed by atoms with Crippen LogP contribution in [0.4, 0.5) is 0 Å². The Morgan fingerprint density at radius 1 is 1.25 bits per heavy atom. The fourth-order valence-electron chi connectivity index (χ4n) is 2.27. The maximum atomic E-state index is 5.35. The molecule has 0 saturated heterocycles. The molecule has 3 aromatic rings. The van der Waals surface area contributed by atoms with Gasteiger partial charge in [-0.3, -0.25) is 4.98 Å². The number of benzene rings is 1. The average Bonchev–Trinajstić information content (AvgIpc) is 2.97. The van der Waals surface area contributed by atoms with Crippen LogP contribution in [0.2, 0.25) is 0 Å². The molecule has 5 heteroatoms. The van der Waals surface area contributed by atoms with Crippen LogP contribution in [-0.4, -0.2) is 22.2 Å². The minimum absolute atomic E-state index is 0.0752. The van der Waals surface area contributed by atoms with Crippen molar-refractivity contribution >= 4 is 10.8 Å². The zero-order valence-corrected chi connectivity index (χ0v) is 11.5. The summed E-state index contributed by atoms with van der Waals surface area (Å²) in [6, 6.07) is 10.1. The highest BCUT2D eigenvalue weighted by Crippen LogP contribution is 2.25. The molecule has 2 heterocycles. The number of fused-ring (bicyclic) bond motifs is 1. The summed E-state index contributed by atoms with van der Waals surface area (Å²) in [5, 5.41) is 9.36. The van der Waals surface area contributed by atoms with Gasteiger partial charge in [-0.2, -0.15) is 4.98 Å². The Balaban J connectivity index is 2.08. The van der Waals surface area contributed by atoms with Gasteiger partial charge in [0.2, 0.25) is 11.7 Å². The second-order valence-corrected chi connectivity index (χ2v) is 4.59. The quantitative estimate of drug-likeness (QED) is 0.788. The summed E-state index contributed by atoms with van der Waals surface area (Å²) in [5.74, 6) is 1.13. The smallest absolute Gasteiger partial charge is 0.244 e. The van der Waals surface area contributed by atoms with Crippen molar-refractivity contribution < 1.29 is 4.52 Å². The maximum absolute atomic E-state index is 5.35. The molecule has 3 rings (SSSR count). The van der Waals surface area contributed by atoms with Crippen LogP contribution in [0.3, 0.4) is 0 Å². The number of rotatable bonds is 4. The van der Waals surface area contributed by atoms with Gasteiger partial charge in [-0.25, -0.2) is 0 Å². The molecule has 0 aliphatic heterocycles. The van der Waals surface area contributed by atoms with E-state index in [1.165, 1.54) is 0 Å². The largest absolute Gasteiger partial charge is 0.337 e. The molecule has 5 nitrogen and oxygen atoms in total. The van der Waals surface area contributed by atoms with Crippen LogP contribution in [-0.2, 0) is 0 Å². The summed E-state index contributed by atoms with van der Waals surface area (Å²) in [6.45, 7) is 2.07. The van der Waals surface area contributed by atoms with Crippen LogP contribution in [0.15, 0.2) is 41.1 Å². The molecular formula is C15H16N4O. The highest BCUT2D eigenvalue weighted by molar-refractivity contribution is 5.92. The fraction of sp³-hybridized carbons (Fsp3) is 0.267. The molecule has 1 atom stereocenters. The Morgan fingerprint density at radius 2 is 2.10 bits per heavy atom. The Hall–Kier alpha value is -2.27. The number of aromatic nitrogens is 3. The number of hydrogen-bond acceptors (Lipinski definition) is 5. The Labute approximate surface area is 117 Å². The van der Waals surface area contributed by atoms with Crippen molar-refractivity contribution in [2.24, 2.45) is 0 Å². The molecule has 0 aliphatic rings. The van der Waals surface area contributed by atoms with Crippen molar-refractivity contribution in [2.75, 3.05) is 7.05 Å². The predicted octanol–water partition coefficient (Wildman–Crippen LogP) is 2.96. The summed E-state index contributed by atoms with van der Waals surface area (Å²) in [7, 11) is 1.88. The summed E-state index contributed by atoms with van der Waals surface area (Å²) >= 11 is 0. The summed E-state index contributed by atoms with van der Waals surface area (Å²) in [6.07, 6.45) is 2.66. The lowest BCUT2D eigenvalue weighted by Crippen LogP contribution is -2.15. The zero-order valence-electron chi connectivity index (χ0n) is 11.5. The number of pyridine rings is 1. The Bertz CT molecular complexity index is 713. The minimum atomic E-state index is 0.0752. The van der Waals surface area contributed by atoms with E-state index in [2.05, 4.69) is 27.4 Å². The molecule has 0 fully saturated rings. The molecule has 102 valence electrons. The van der Waals surface area contributed by atoms with Gasteiger partial charge in [0.05, 0.1) is 6.04 Å². The van der Waals surface area contributed by atoms with Gasteiger partial charge in [0.1, 0.15) is 5.69 Å². The van der Waals surface area contributed by atoms with Crippen LogP contribution in [0.5, 0.6) is 0 Å². The molecule has 0 amide bonds. The highest BCUT2D eigenvalue weighted by Gasteiger charge is 2.17. The number of nitrogens with zero attached hydrogens (tertiary/aromatic N) is 3. The molecule has 0 radical (unpaired) electrons. The molecule has 20 heavy (non-hydrogen) atoms. The van der Waals surface area contributed by atoms with Crippen molar-refractivity contribution in [2.45, 2.75) is 19.4 Å². The van der Waals surface area contributed by atoms with E-state index in [9.17, 15) is 0 Å². The van der Waals surface area contributed by atoms with Crippen LogP contribution >= 0.6 is 0 Å². The third kappa shape index (κ3) is 2.16. The molecule has 0 spiro atoms. The second-order valence-electron chi connectivity index (χ2n) is 4.59. The first-order chi connectivity index (χ1) is 9.83. The predicted molar refractivity (Wildman–Crippen MR) is 77.1 cm³/mol. The van der Waals surface area contributed by atoms with E-state index in [0.29, 0.717) is 11.7 Å². The van der Waals surface area contributed by atoms with Crippen LogP contribution < -0.4 is 5.32 Å². The van der Waals surface area contributed by atoms with Gasteiger partial charge in [0.25, 0.3) is 0 Å². The molecule has 1 N–H and O–H groups in total. The van der Waals surface area contributed by atoms with Crippen molar-refractivity contribution in [3.63, 3.8) is 0 Å². The van der Waals surface area contributed by atoms with Crippen LogP contribution in [0.1, 0.15) is 25.3 Å². The molecular weight excluding hydrogens is 252 g/mol. The van der Waals surface area contributed by atoms with Gasteiger partial charge in [0.15, 0.2) is 0 Å². The zero-order chi connectivity index (χ0) is 13.9. The number of nitrogens with one attached hydrogen (secondary N) is 1. The summed E-state index contributed by atoms with van der Waals surface area (Å²) in [4.78, 5) is 8.87. The standard InChI is InChI=1S/C15H16N4O/c1-3-12(16-2)15-18-14(19-20-15)13-11-7-5-4-6-10(11)8-9-17-13/h4-9,12,16H,3H2,1-2H3. The maximum Gasteiger partial charge on any atom is 0.244 e. The Morgan fingerprint density at radius 3 is 2.90 bits per heavy atom. The number of hydrogen-bond donors (Lipinski definition) is 1. The second kappa shape index (κ2) is 5.38. The minimum Gasteiger partial charge on any atom is -0.337 e. The van der Waals surface area contributed by atoms with Gasteiger partial charge in [0, 0.05) is 11.6 Å². The van der Waals surface area contributed by atoms with Crippen LogP contribution in [0.25, 0.3) is 22.3 Å². The lowest BCUT2D eigenvalue weighted by atomic mass is 10.1. The monoisotopic (exact) mass is 268 g/mol. The molecule has 0 aliphatic carbocycles. The van der Waals surface area contributed by atoms with E-state index in [0.717, 1.165) is 22.9 Å². The average molecular weight is 268 g/mol. The van der Waals surface area contributed by atoms with E-state index in [-0.39, 0.29) is 6.04 Å². The lowest BCUT2D eigenvalue weighted by Gasteiger charge is -2.06. The van der Waals surface area contributed by atoms with E-state index in [4.69, 9.17) is 4.52 Å². The summed E-state index contributed by atoms with van der Waals surface area (Å²) in [5.41, 5.74) is 0.754. The Kier molecular flexibility index (Phi) is 3.43. The van der Waals surface area contributed by atoms with Crippen molar-refractivity contribution in [3.8, 4) is 11.5 Å². The van der Waals surface area contributed by atoms with Gasteiger partial charge >= 0.3 is 0 Å². The van der Waals surface area contributed by atoms with Crippen molar-refractivity contribution in [1.29, 1.82) is 0 Å². The van der Waals surface area contributed by atoms with Gasteiger partial charge in [-0.1, -0.05) is 36.3 Å². The normalized spacial score (nSPS) is 12.7. The molecule has 0 saturated carbocycles. The van der Waals surface area contributed by atoms with Gasteiger partial charge in [-0.15, -0.1) is 0 Å². The van der Waals surface area contributed by atoms with Gasteiger partial charge in [-0.05, 0) is 24.9 Å².